The molecule has 3 rings (SSSR count). The van der Waals surface area contributed by atoms with Gasteiger partial charge in [0.15, 0.2) is 5.96 Å². The van der Waals surface area contributed by atoms with Crippen LogP contribution >= 0.6 is 24.0 Å². The summed E-state index contributed by atoms with van der Waals surface area (Å²) in [5.41, 5.74) is 3.45. The fourth-order valence-electron chi connectivity index (χ4n) is 3.23. The van der Waals surface area contributed by atoms with E-state index in [0.29, 0.717) is 6.54 Å². The number of hydrogen-bond acceptors (Lipinski definition) is 4. The van der Waals surface area contributed by atoms with Gasteiger partial charge >= 0.3 is 0 Å². The Bertz CT molecular complexity index is 758. The summed E-state index contributed by atoms with van der Waals surface area (Å²) < 4.78 is 5.25. The van der Waals surface area contributed by atoms with Crippen LogP contribution in [-0.4, -0.2) is 55.7 Å². The van der Waals surface area contributed by atoms with Gasteiger partial charge in [-0.15, -0.1) is 24.0 Å². The van der Waals surface area contributed by atoms with E-state index < -0.39 is 0 Å². The molecule has 28 heavy (non-hydrogen) atoms. The lowest BCUT2D eigenvalue weighted by molar-refractivity contribution is 0.372. The summed E-state index contributed by atoms with van der Waals surface area (Å²) in [5, 5.41) is 3.42. The van der Waals surface area contributed by atoms with Crippen LogP contribution in [0.3, 0.4) is 0 Å². The number of nitrogens with zero attached hydrogens (tertiary/aromatic N) is 4. The van der Waals surface area contributed by atoms with Crippen molar-refractivity contribution in [3.8, 4) is 5.75 Å². The predicted molar refractivity (Wildman–Crippen MR) is 126 cm³/mol. The predicted octanol–water partition coefficient (Wildman–Crippen LogP) is 3.30. The Labute approximate surface area is 185 Å². The first-order valence-electron chi connectivity index (χ1n) is 9.54. The van der Waals surface area contributed by atoms with Gasteiger partial charge in [-0.3, -0.25) is 4.98 Å². The topological polar surface area (TPSA) is 53.0 Å². The van der Waals surface area contributed by atoms with Crippen LogP contribution < -0.4 is 15.0 Å². The smallest absolute Gasteiger partial charge is 0.194 e. The molecule has 1 saturated heterocycles. The third-order valence-corrected chi connectivity index (χ3v) is 4.85. The zero-order chi connectivity index (χ0) is 19.1. The lowest BCUT2D eigenvalue weighted by Crippen LogP contribution is -2.52. The van der Waals surface area contributed by atoms with Crippen LogP contribution in [0.1, 0.15) is 18.2 Å². The highest BCUT2D eigenvalue weighted by molar-refractivity contribution is 14.0. The molecule has 1 aromatic heterocycles. The fourth-order valence-corrected chi connectivity index (χ4v) is 3.23. The summed E-state index contributed by atoms with van der Waals surface area (Å²) in [6.07, 6.45) is 1.83. The number of rotatable bonds is 5. The number of anilines is 1. The van der Waals surface area contributed by atoms with Crippen molar-refractivity contribution in [2.24, 2.45) is 4.99 Å². The highest BCUT2D eigenvalue weighted by Crippen LogP contribution is 2.20. The van der Waals surface area contributed by atoms with Gasteiger partial charge in [-0.1, -0.05) is 6.07 Å². The summed E-state index contributed by atoms with van der Waals surface area (Å²) in [6.45, 7) is 9.48. The number of aliphatic imine (C=N–C) groups is 1. The van der Waals surface area contributed by atoms with Crippen molar-refractivity contribution in [3.63, 3.8) is 0 Å². The Morgan fingerprint density at radius 1 is 1.14 bits per heavy atom. The van der Waals surface area contributed by atoms with Crippen molar-refractivity contribution in [2.75, 3.05) is 44.7 Å². The Balaban J connectivity index is 0.00000280. The highest BCUT2D eigenvalue weighted by atomic mass is 127. The molecular formula is C21H30IN5O. The lowest BCUT2D eigenvalue weighted by atomic mass is 10.2. The van der Waals surface area contributed by atoms with Gasteiger partial charge in [0.2, 0.25) is 0 Å². The van der Waals surface area contributed by atoms with Crippen LogP contribution in [0.4, 0.5) is 5.69 Å². The van der Waals surface area contributed by atoms with E-state index in [0.717, 1.165) is 50.1 Å². The zero-order valence-corrected chi connectivity index (χ0v) is 19.2. The number of aromatic nitrogens is 1. The van der Waals surface area contributed by atoms with E-state index in [1.807, 2.05) is 24.4 Å². The normalized spacial score (nSPS) is 14.5. The Hall–Kier alpha value is -2.03. The van der Waals surface area contributed by atoms with Crippen LogP contribution in [0.15, 0.2) is 47.6 Å². The third kappa shape index (κ3) is 5.73. The summed E-state index contributed by atoms with van der Waals surface area (Å²) in [4.78, 5) is 14.0. The Morgan fingerprint density at radius 3 is 2.46 bits per heavy atom. The molecule has 7 heteroatoms. The van der Waals surface area contributed by atoms with Crippen molar-refractivity contribution in [1.29, 1.82) is 0 Å². The first-order chi connectivity index (χ1) is 13.2. The van der Waals surface area contributed by atoms with Crippen molar-refractivity contribution in [1.82, 2.24) is 15.2 Å². The minimum Gasteiger partial charge on any atom is -0.497 e. The molecule has 1 aliphatic rings. The summed E-state index contributed by atoms with van der Waals surface area (Å²) in [5.74, 6) is 1.86. The lowest BCUT2D eigenvalue weighted by Gasteiger charge is -2.37. The third-order valence-electron chi connectivity index (χ3n) is 4.85. The zero-order valence-electron chi connectivity index (χ0n) is 16.9. The molecule has 0 atom stereocenters. The molecule has 152 valence electrons. The molecule has 1 N–H and O–H groups in total. The molecule has 0 bridgehead atoms. The largest absolute Gasteiger partial charge is 0.497 e. The Morgan fingerprint density at radius 2 is 1.86 bits per heavy atom. The van der Waals surface area contributed by atoms with E-state index in [1.165, 1.54) is 11.3 Å². The number of benzene rings is 1. The van der Waals surface area contributed by atoms with Crippen LogP contribution in [0.2, 0.25) is 0 Å². The average molecular weight is 495 g/mol. The SMILES string of the molecule is CCNC(=NCc1ncccc1C)N1CCN(c2ccc(OC)cc2)CC1.I. The second kappa shape index (κ2) is 11.1. The van der Waals surface area contributed by atoms with Crippen molar-refractivity contribution in [2.45, 2.75) is 20.4 Å². The van der Waals surface area contributed by atoms with Gasteiger partial charge in [-0.05, 0) is 49.7 Å². The first kappa shape index (κ1) is 22.3. The molecule has 0 unspecified atom stereocenters. The van der Waals surface area contributed by atoms with Crippen molar-refractivity contribution >= 4 is 35.6 Å². The quantitative estimate of drug-likeness (QED) is 0.392. The molecule has 2 aromatic rings. The van der Waals surface area contributed by atoms with Crippen molar-refractivity contribution in [3.05, 3.63) is 53.9 Å². The fraction of sp³-hybridized carbons (Fsp3) is 0.429. The maximum absolute atomic E-state index is 5.25. The minimum absolute atomic E-state index is 0. The van der Waals surface area contributed by atoms with Gasteiger partial charge in [0, 0.05) is 44.6 Å². The number of halogens is 1. The standard InChI is InChI=1S/C21H29N5O.HI/c1-4-22-21(24-16-20-17(2)6-5-11-23-20)26-14-12-25(13-15-26)18-7-9-19(27-3)10-8-18;/h5-11H,4,12-16H2,1-3H3,(H,22,24);1H. The second-order valence-electron chi connectivity index (χ2n) is 6.61. The molecule has 6 nitrogen and oxygen atoms in total. The first-order valence-corrected chi connectivity index (χ1v) is 9.54. The molecular weight excluding hydrogens is 465 g/mol. The van der Waals surface area contributed by atoms with E-state index in [9.17, 15) is 0 Å². The van der Waals surface area contributed by atoms with E-state index in [2.05, 4.69) is 52.1 Å². The summed E-state index contributed by atoms with van der Waals surface area (Å²) >= 11 is 0. The van der Waals surface area contributed by atoms with E-state index in [4.69, 9.17) is 9.73 Å². The Kier molecular flexibility index (Phi) is 8.82. The van der Waals surface area contributed by atoms with Gasteiger partial charge in [0.1, 0.15) is 5.75 Å². The van der Waals surface area contributed by atoms with E-state index in [-0.39, 0.29) is 24.0 Å². The van der Waals surface area contributed by atoms with E-state index >= 15 is 0 Å². The second-order valence-corrected chi connectivity index (χ2v) is 6.61. The average Bonchev–Trinajstić information content (AvgIpc) is 2.72. The maximum atomic E-state index is 5.25. The molecule has 0 saturated carbocycles. The van der Waals surface area contributed by atoms with Crippen LogP contribution in [-0.2, 0) is 6.54 Å². The molecule has 0 amide bonds. The van der Waals surface area contributed by atoms with Gasteiger partial charge in [0.25, 0.3) is 0 Å². The highest BCUT2D eigenvalue weighted by Gasteiger charge is 2.20. The number of hydrogen-bond donors (Lipinski definition) is 1. The molecule has 0 aliphatic carbocycles. The van der Waals surface area contributed by atoms with Crippen molar-refractivity contribution < 1.29 is 4.74 Å². The van der Waals surface area contributed by atoms with Gasteiger partial charge < -0.3 is 19.9 Å². The van der Waals surface area contributed by atoms with Crippen LogP contribution in [0.5, 0.6) is 5.75 Å². The molecule has 1 aromatic carbocycles. The molecule has 0 spiro atoms. The van der Waals surface area contributed by atoms with Crippen LogP contribution in [0.25, 0.3) is 0 Å². The van der Waals surface area contributed by atoms with Gasteiger partial charge in [0.05, 0.1) is 19.3 Å². The number of aryl methyl sites for hydroxylation is 1. The number of ether oxygens (including phenoxy) is 1. The number of pyridine rings is 1. The van der Waals surface area contributed by atoms with Gasteiger partial charge in [-0.25, -0.2) is 4.99 Å². The number of nitrogens with one attached hydrogen (secondary N) is 1. The molecule has 0 radical (unpaired) electrons. The van der Waals surface area contributed by atoms with Gasteiger partial charge in [-0.2, -0.15) is 0 Å². The monoisotopic (exact) mass is 495 g/mol. The summed E-state index contributed by atoms with van der Waals surface area (Å²) in [6, 6.07) is 12.3. The number of guanidine groups is 1. The maximum Gasteiger partial charge on any atom is 0.194 e. The molecule has 1 aliphatic heterocycles. The summed E-state index contributed by atoms with van der Waals surface area (Å²) in [7, 11) is 1.70. The number of methoxy groups -OCH3 is 1. The van der Waals surface area contributed by atoms with Crippen LogP contribution in [0, 0.1) is 6.92 Å². The van der Waals surface area contributed by atoms with E-state index in [1.54, 1.807) is 7.11 Å². The molecule has 1 fully saturated rings. The minimum atomic E-state index is 0. The molecule has 2 heterocycles. The number of piperazine rings is 1.